The van der Waals surface area contributed by atoms with Crippen molar-refractivity contribution in [3.05, 3.63) is 71.3 Å². The maximum absolute atomic E-state index is 10.6. The van der Waals surface area contributed by atoms with Gasteiger partial charge < -0.3 is 5.11 Å². The number of aliphatic hydroxyl groups is 1. The normalized spacial score (nSPS) is 17.7. The number of allylic oxidation sites excluding steroid dienone is 1. The molecule has 1 aliphatic rings. The highest BCUT2D eigenvalue weighted by molar-refractivity contribution is 5.98. The third-order valence-electron chi connectivity index (χ3n) is 3.76. The molecule has 0 fully saturated rings. The summed E-state index contributed by atoms with van der Waals surface area (Å²) in [5.41, 5.74) is 5.79. The summed E-state index contributed by atoms with van der Waals surface area (Å²) in [5.74, 6) is 0. The van der Waals surface area contributed by atoms with Gasteiger partial charge in [-0.15, -0.1) is 0 Å². The van der Waals surface area contributed by atoms with Crippen LogP contribution in [0.5, 0.6) is 0 Å². The van der Waals surface area contributed by atoms with E-state index < -0.39 is 6.10 Å². The van der Waals surface area contributed by atoms with E-state index in [1.165, 1.54) is 11.1 Å². The first-order valence-corrected chi connectivity index (χ1v) is 6.88. The van der Waals surface area contributed by atoms with Gasteiger partial charge in [0.25, 0.3) is 0 Å². The number of hydrogen-bond donors (Lipinski definition) is 1. The van der Waals surface area contributed by atoms with Gasteiger partial charge in [-0.1, -0.05) is 67.9 Å². The fourth-order valence-corrected chi connectivity index (χ4v) is 2.95. The lowest BCUT2D eigenvalue weighted by molar-refractivity contribution is 0.241. The molecule has 1 aliphatic carbocycles. The number of rotatable bonds is 3. The van der Waals surface area contributed by atoms with E-state index in [2.05, 4.69) is 31.2 Å². The molecule has 0 bridgehead atoms. The first-order chi connectivity index (χ1) is 9.33. The van der Waals surface area contributed by atoms with Crippen molar-refractivity contribution in [2.45, 2.75) is 25.9 Å². The van der Waals surface area contributed by atoms with Crippen LogP contribution in [0.4, 0.5) is 0 Å². The molecular formula is C18H18O. The summed E-state index contributed by atoms with van der Waals surface area (Å²) >= 11 is 0. The molecule has 0 spiro atoms. The van der Waals surface area contributed by atoms with Gasteiger partial charge in [0.1, 0.15) is 6.10 Å². The third kappa shape index (κ3) is 2.00. The van der Waals surface area contributed by atoms with Crippen LogP contribution in [0, 0.1) is 0 Å². The molecule has 0 saturated heterocycles. The van der Waals surface area contributed by atoms with Gasteiger partial charge in [-0.3, -0.25) is 0 Å². The van der Waals surface area contributed by atoms with Gasteiger partial charge in [0, 0.05) is 0 Å². The second-order valence-corrected chi connectivity index (χ2v) is 5.00. The van der Waals surface area contributed by atoms with Crippen molar-refractivity contribution in [2.24, 2.45) is 0 Å². The minimum Gasteiger partial charge on any atom is -0.384 e. The first kappa shape index (κ1) is 12.2. The molecule has 1 atom stereocenters. The lowest BCUT2D eigenvalue weighted by Gasteiger charge is -2.11. The lowest BCUT2D eigenvalue weighted by atomic mass is 9.96. The molecule has 0 heterocycles. The average molecular weight is 250 g/mol. The van der Waals surface area contributed by atoms with Gasteiger partial charge in [0.2, 0.25) is 0 Å². The molecule has 1 nitrogen and oxygen atoms in total. The van der Waals surface area contributed by atoms with Crippen LogP contribution in [-0.2, 0) is 0 Å². The Hall–Kier alpha value is -1.86. The van der Waals surface area contributed by atoms with Gasteiger partial charge in [0.15, 0.2) is 0 Å². The molecule has 0 saturated carbocycles. The predicted octanol–water partition coefficient (Wildman–Crippen LogP) is 4.44. The number of aliphatic hydroxyl groups excluding tert-OH is 1. The van der Waals surface area contributed by atoms with E-state index in [0.29, 0.717) is 0 Å². The fraction of sp³-hybridized carbons (Fsp3) is 0.222. The maximum atomic E-state index is 10.6. The Morgan fingerprint density at radius 3 is 2.37 bits per heavy atom. The van der Waals surface area contributed by atoms with Crippen LogP contribution in [0.25, 0.3) is 11.1 Å². The zero-order valence-electron chi connectivity index (χ0n) is 11.1. The van der Waals surface area contributed by atoms with Crippen molar-refractivity contribution in [2.75, 3.05) is 0 Å². The smallest absolute Gasteiger partial charge is 0.105 e. The van der Waals surface area contributed by atoms with Gasteiger partial charge >= 0.3 is 0 Å². The van der Waals surface area contributed by atoms with Gasteiger partial charge in [-0.25, -0.2) is 0 Å². The molecule has 2 aromatic carbocycles. The molecule has 3 rings (SSSR count). The van der Waals surface area contributed by atoms with Crippen molar-refractivity contribution in [3.8, 4) is 0 Å². The molecule has 96 valence electrons. The Labute approximate surface area is 114 Å². The summed E-state index contributed by atoms with van der Waals surface area (Å²) in [4.78, 5) is 0. The first-order valence-electron chi connectivity index (χ1n) is 6.88. The molecule has 2 aromatic rings. The van der Waals surface area contributed by atoms with E-state index in [1.54, 1.807) is 0 Å². The van der Waals surface area contributed by atoms with Crippen LogP contribution in [0.3, 0.4) is 0 Å². The highest BCUT2D eigenvalue weighted by Gasteiger charge is 2.29. The summed E-state index contributed by atoms with van der Waals surface area (Å²) < 4.78 is 0. The predicted molar refractivity (Wildman–Crippen MR) is 79.6 cm³/mol. The highest BCUT2D eigenvalue weighted by atomic mass is 16.3. The van der Waals surface area contributed by atoms with Gasteiger partial charge in [0.05, 0.1) is 0 Å². The summed E-state index contributed by atoms with van der Waals surface area (Å²) in [6.07, 6.45) is 1.62. The number of benzene rings is 2. The molecule has 0 radical (unpaired) electrons. The molecule has 19 heavy (non-hydrogen) atoms. The third-order valence-corrected chi connectivity index (χ3v) is 3.76. The van der Waals surface area contributed by atoms with Crippen LogP contribution in [0.15, 0.2) is 54.6 Å². The summed E-state index contributed by atoms with van der Waals surface area (Å²) in [5, 5.41) is 10.6. The van der Waals surface area contributed by atoms with Crippen molar-refractivity contribution < 1.29 is 5.11 Å². The lowest BCUT2D eigenvalue weighted by Crippen LogP contribution is -1.96. The van der Waals surface area contributed by atoms with Crippen LogP contribution in [-0.4, -0.2) is 5.11 Å². The SMILES string of the molecule is CCCC1=C(c2ccccc2)C(O)c2ccccc21. The maximum Gasteiger partial charge on any atom is 0.105 e. The van der Waals surface area contributed by atoms with Gasteiger partial charge in [-0.05, 0) is 34.3 Å². The van der Waals surface area contributed by atoms with Crippen LogP contribution in [0.2, 0.25) is 0 Å². The Morgan fingerprint density at radius 1 is 0.947 bits per heavy atom. The Bertz CT molecular complexity index is 611. The summed E-state index contributed by atoms with van der Waals surface area (Å²) in [6.45, 7) is 2.18. The Kier molecular flexibility index (Phi) is 3.22. The second kappa shape index (κ2) is 5.02. The fourth-order valence-electron chi connectivity index (χ4n) is 2.95. The van der Waals surface area contributed by atoms with Crippen LogP contribution < -0.4 is 0 Å². The minimum absolute atomic E-state index is 0.486. The van der Waals surface area contributed by atoms with Crippen molar-refractivity contribution >= 4 is 11.1 Å². The van der Waals surface area contributed by atoms with E-state index in [-0.39, 0.29) is 0 Å². The molecule has 0 amide bonds. The number of hydrogen-bond acceptors (Lipinski definition) is 1. The van der Waals surface area contributed by atoms with E-state index in [4.69, 9.17) is 0 Å². The molecule has 0 aromatic heterocycles. The largest absolute Gasteiger partial charge is 0.384 e. The van der Waals surface area contributed by atoms with Crippen molar-refractivity contribution in [1.82, 2.24) is 0 Å². The zero-order valence-corrected chi connectivity index (χ0v) is 11.1. The average Bonchev–Trinajstić information content (AvgIpc) is 2.74. The van der Waals surface area contributed by atoms with E-state index in [1.807, 2.05) is 30.3 Å². The molecule has 0 aliphatic heterocycles. The van der Waals surface area contributed by atoms with E-state index >= 15 is 0 Å². The van der Waals surface area contributed by atoms with Gasteiger partial charge in [-0.2, -0.15) is 0 Å². The summed E-state index contributed by atoms with van der Waals surface area (Å²) in [6, 6.07) is 18.4. The molecular weight excluding hydrogens is 232 g/mol. The topological polar surface area (TPSA) is 20.2 Å². The Morgan fingerprint density at radius 2 is 1.63 bits per heavy atom. The zero-order chi connectivity index (χ0) is 13.2. The second-order valence-electron chi connectivity index (χ2n) is 5.00. The van der Waals surface area contributed by atoms with Crippen molar-refractivity contribution in [1.29, 1.82) is 0 Å². The van der Waals surface area contributed by atoms with E-state index in [9.17, 15) is 5.11 Å². The Balaban J connectivity index is 2.18. The minimum atomic E-state index is -0.486. The molecule has 1 unspecified atom stereocenters. The standard InChI is InChI=1S/C18H18O/c1-2-8-15-14-11-6-7-12-16(14)18(19)17(15)13-9-4-3-5-10-13/h3-7,9-12,18-19H,2,8H2,1H3. The monoisotopic (exact) mass is 250 g/mol. The highest BCUT2D eigenvalue weighted by Crippen LogP contribution is 2.47. The molecule has 1 heteroatoms. The summed E-state index contributed by atoms with van der Waals surface area (Å²) in [7, 11) is 0. The van der Waals surface area contributed by atoms with Crippen LogP contribution >= 0.6 is 0 Å². The van der Waals surface area contributed by atoms with Crippen LogP contribution in [0.1, 0.15) is 42.6 Å². The van der Waals surface area contributed by atoms with Crippen molar-refractivity contribution in [3.63, 3.8) is 0 Å². The molecule has 1 N–H and O–H groups in total. The number of fused-ring (bicyclic) bond motifs is 1. The quantitative estimate of drug-likeness (QED) is 0.853. The van der Waals surface area contributed by atoms with E-state index in [0.717, 1.165) is 29.5 Å².